The highest BCUT2D eigenvalue weighted by Crippen LogP contribution is 2.31. The summed E-state index contributed by atoms with van der Waals surface area (Å²) >= 11 is 6.37. The van der Waals surface area contributed by atoms with Crippen molar-refractivity contribution in [3.8, 4) is 0 Å². The molecule has 3 aromatic carbocycles. The molecule has 0 spiro atoms. The number of carbonyl (C=O) groups excluding carboxylic acids is 2. The lowest BCUT2D eigenvalue weighted by Crippen LogP contribution is -2.52. The van der Waals surface area contributed by atoms with Crippen LogP contribution in [-0.4, -0.2) is 43.8 Å². The van der Waals surface area contributed by atoms with Crippen LogP contribution >= 0.6 is 11.6 Å². The van der Waals surface area contributed by atoms with Crippen molar-refractivity contribution in [3.05, 3.63) is 94.0 Å². The molecule has 3 rings (SSSR count). The average Bonchev–Trinajstić information content (AvgIpc) is 2.87. The number of carbonyl (C=O) groups is 2. The minimum Gasteiger partial charge on any atom is -0.352 e. The zero-order valence-corrected chi connectivity index (χ0v) is 24.8. The van der Waals surface area contributed by atoms with Crippen LogP contribution in [0.1, 0.15) is 43.0 Å². The highest BCUT2D eigenvalue weighted by atomic mass is 35.5. The number of nitrogens with one attached hydrogen (secondary N) is 1. The molecule has 0 bridgehead atoms. The van der Waals surface area contributed by atoms with Gasteiger partial charge in [-0.3, -0.25) is 13.9 Å². The molecular weight excluding hydrogens is 534 g/mol. The topological polar surface area (TPSA) is 86.8 Å². The summed E-state index contributed by atoms with van der Waals surface area (Å²) in [6.45, 7) is 10.5. The van der Waals surface area contributed by atoms with Gasteiger partial charge in [0.25, 0.3) is 10.0 Å². The van der Waals surface area contributed by atoms with Crippen molar-refractivity contribution in [1.82, 2.24) is 10.2 Å². The Morgan fingerprint density at radius 1 is 0.897 bits per heavy atom. The molecule has 0 radical (unpaired) electrons. The van der Waals surface area contributed by atoms with Gasteiger partial charge in [-0.05, 0) is 76.9 Å². The van der Waals surface area contributed by atoms with Crippen LogP contribution in [0.15, 0.2) is 71.6 Å². The summed E-state index contributed by atoms with van der Waals surface area (Å²) in [6.07, 6.45) is 0. The maximum Gasteiger partial charge on any atom is 0.264 e. The van der Waals surface area contributed by atoms with Crippen LogP contribution in [0.4, 0.5) is 5.69 Å². The zero-order valence-electron chi connectivity index (χ0n) is 23.2. The van der Waals surface area contributed by atoms with Crippen LogP contribution in [0, 0.1) is 20.8 Å². The van der Waals surface area contributed by atoms with E-state index >= 15 is 0 Å². The molecule has 2 amide bonds. The van der Waals surface area contributed by atoms with Gasteiger partial charge in [-0.2, -0.15) is 0 Å². The first-order valence-corrected chi connectivity index (χ1v) is 14.6. The Hall–Kier alpha value is -3.36. The molecule has 0 aliphatic rings. The van der Waals surface area contributed by atoms with Gasteiger partial charge in [-0.25, -0.2) is 8.42 Å². The van der Waals surface area contributed by atoms with E-state index in [4.69, 9.17) is 11.6 Å². The molecule has 0 fully saturated rings. The number of sulfonamides is 1. The van der Waals surface area contributed by atoms with Gasteiger partial charge in [0.2, 0.25) is 11.8 Å². The Morgan fingerprint density at radius 3 is 2.15 bits per heavy atom. The van der Waals surface area contributed by atoms with E-state index in [1.165, 1.54) is 17.0 Å². The number of hydrogen-bond acceptors (Lipinski definition) is 4. The summed E-state index contributed by atoms with van der Waals surface area (Å²) in [5.41, 5.74) is 3.58. The van der Waals surface area contributed by atoms with Crippen molar-refractivity contribution in [2.75, 3.05) is 10.8 Å². The Balaban J connectivity index is 2.08. The molecule has 0 saturated carbocycles. The van der Waals surface area contributed by atoms with Gasteiger partial charge in [0.1, 0.15) is 12.6 Å². The van der Waals surface area contributed by atoms with Gasteiger partial charge in [-0.15, -0.1) is 0 Å². The van der Waals surface area contributed by atoms with Gasteiger partial charge in [0.05, 0.1) is 10.6 Å². The van der Waals surface area contributed by atoms with E-state index in [-0.39, 0.29) is 23.4 Å². The fraction of sp³-hybridized carbons (Fsp3) is 0.333. The fourth-order valence-electron chi connectivity index (χ4n) is 4.21. The normalized spacial score (nSPS) is 12.2. The van der Waals surface area contributed by atoms with Gasteiger partial charge in [0, 0.05) is 17.6 Å². The maximum absolute atomic E-state index is 14.0. The second-order valence-electron chi connectivity index (χ2n) is 10.1. The number of halogens is 1. The lowest BCUT2D eigenvalue weighted by molar-refractivity contribution is -0.139. The number of aryl methyl sites for hydroxylation is 2. The number of anilines is 1. The van der Waals surface area contributed by atoms with E-state index in [0.29, 0.717) is 16.3 Å². The third-order valence-corrected chi connectivity index (χ3v) is 8.61. The molecule has 1 atom stereocenters. The molecule has 0 aliphatic carbocycles. The average molecular weight is 570 g/mol. The van der Waals surface area contributed by atoms with E-state index in [2.05, 4.69) is 5.32 Å². The van der Waals surface area contributed by atoms with Crippen molar-refractivity contribution < 1.29 is 18.0 Å². The molecule has 0 saturated heterocycles. The van der Waals surface area contributed by atoms with E-state index in [1.54, 1.807) is 44.2 Å². The predicted molar refractivity (Wildman–Crippen MR) is 156 cm³/mol. The van der Waals surface area contributed by atoms with Crippen molar-refractivity contribution in [3.63, 3.8) is 0 Å². The standard InChI is InChI=1S/C30H36ClN3O4S/c1-20(2)32-30(36)24(6)33(18-25-10-7-9-22(4)17-25)29(35)19-34(28-12-8-11-27(31)23(28)5)39(37,38)26-15-13-21(3)14-16-26/h7-17,20,24H,18-19H2,1-6H3,(H,32,36). The number of hydrogen-bond donors (Lipinski definition) is 1. The van der Waals surface area contributed by atoms with Crippen LogP contribution in [0.25, 0.3) is 0 Å². The number of benzene rings is 3. The fourth-order valence-corrected chi connectivity index (χ4v) is 5.85. The first-order valence-electron chi connectivity index (χ1n) is 12.8. The zero-order chi connectivity index (χ0) is 28.9. The van der Waals surface area contributed by atoms with E-state index in [9.17, 15) is 18.0 Å². The highest BCUT2D eigenvalue weighted by molar-refractivity contribution is 7.92. The minimum atomic E-state index is -4.16. The summed E-state index contributed by atoms with van der Waals surface area (Å²) in [5.74, 6) is -0.837. The smallest absolute Gasteiger partial charge is 0.264 e. The summed E-state index contributed by atoms with van der Waals surface area (Å²) in [4.78, 5) is 28.5. The van der Waals surface area contributed by atoms with E-state index < -0.39 is 28.5 Å². The predicted octanol–water partition coefficient (Wildman–Crippen LogP) is 5.40. The van der Waals surface area contributed by atoms with Crippen LogP contribution in [0.3, 0.4) is 0 Å². The second-order valence-corrected chi connectivity index (χ2v) is 12.3. The molecule has 0 aromatic heterocycles. The molecule has 7 nitrogen and oxygen atoms in total. The number of amides is 2. The molecule has 1 N–H and O–H groups in total. The van der Waals surface area contributed by atoms with Gasteiger partial charge in [0.15, 0.2) is 0 Å². The first-order chi connectivity index (χ1) is 18.3. The van der Waals surface area contributed by atoms with Crippen LogP contribution in [-0.2, 0) is 26.2 Å². The Labute approximate surface area is 236 Å². The molecule has 0 aliphatic heterocycles. The molecule has 0 heterocycles. The SMILES string of the molecule is Cc1ccc(S(=O)(=O)N(CC(=O)N(Cc2cccc(C)c2)C(C)C(=O)NC(C)C)c2cccc(Cl)c2C)cc1. The largest absolute Gasteiger partial charge is 0.352 e. The Bertz CT molecular complexity index is 1440. The first kappa shape index (κ1) is 30.2. The van der Waals surface area contributed by atoms with E-state index in [0.717, 1.165) is 21.0 Å². The summed E-state index contributed by atoms with van der Waals surface area (Å²) in [7, 11) is -4.16. The monoisotopic (exact) mass is 569 g/mol. The van der Waals surface area contributed by atoms with Crippen molar-refractivity contribution in [2.45, 2.75) is 65.1 Å². The van der Waals surface area contributed by atoms with Crippen LogP contribution in [0.2, 0.25) is 5.02 Å². The third-order valence-electron chi connectivity index (χ3n) is 6.43. The summed E-state index contributed by atoms with van der Waals surface area (Å²) in [5, 5.41) is 3.24. The second kappa shape index (κ2) is 12.7. The molecule has 9 heteroatoms. The highest BCUT2D eigenvalue weighted by Gasteiger charge is 2.33. The Kier molecular flexibility index (Phi) is 9.80. The summed E-state index contributed by atoms with van der Waals surface area (Å²) < 4.78 is 29.0. The molecule has 3 aromatic rings. The lowest BCUT2D eigenvalue weighted by Gasteiger charge is -2.33. The van der Waals surface area contributed by atoms with Gasteiger partial charge in [-0.1, -0.05) is 65.2 Å². The van der Waals surface area contributed by atoms with Crippen molar-refractivity contribution >= 4 is 39.1 Å². The Morgan fingerprint density at radius 2 is 1.54 bits per heavy atom. The molecule has 208 valence electrons. The van der Waals surface area contributed by atoms with Gasteiger partial charge < -0.3 is 10.2 Å². The maximum atomic E-state index is 14.0. The third kappa shape index (κ3) is 7.40. The lowest BCUT2D eigenvalue weighted by atomic mass is 10.1. The van der Waals surface area contributed by atoms with E-state index in [1.807, 2.05) is 52.0 Å². The molecular formula is C30H36ClN3O4S. The minimum absolute atomic E-state index is 0.0520. The number of rotatable bonds is 10. The number of nitrogens with zero attached hydrogens (tertiary/aromatic N) is 2. The van der Waals surface area contributed by atoms with Crippen LogP contribution < -0.4 is 9.62 Å². The van der Waals surface area contributed by atoms with Crippen molar-refractivity contribution in [1.29, 1.82) is 0 Å². The quantitative estimate of drug-likeness (QED) is 0.354. The van der Waals surface area contributed by atoms with Gasteiger partial charge >= 0.3 is 0 Å². The molecule has 39 heavy (non-hydrogen) atoms. The van der Waals surface area contributed by atoms with Crippen LogP contribution in [0.5, 0.6) is 0 Å². The molecule has 1 unspecified atom stereocenters. The van der Waals surface area contributed by atoms with Crippen molar-refractivity contribution in [2.24, 2.45) is 0 Å². The summed E-state index contributed by atoms with van der Waals surface area (Å²) in [6, 6.07) is 18.1.